The molecule has 1 rings (SSSR count). The van der Waals surface area contributed by atoms with E-state index in [4.69, 9.17) is 4.74 Å². The second-order valence-corrected chi connectivity index (χ2v) is 3.31. The molecule has 0 saturated heterocycles. The third-order valence-electron chi connectivity index (χ3n) is 2.03. The summed E-state index contributed by atoms with van der Waals surface area (Å²) in [5, 5.41) is 0. The van der Waals surface area contributed by atoms with Crippen molar-refractivity contribution in [1.82, 2.24) is 0 Å². The van der Waals surface area contributed by atoms with Crippen LogP contribution < -0.4 is 62.9 Å². The van der Waals surface area contributed by atoms with Crippen LogP contribution in [0.25, 0.3) is 0 Å². The molecule has 102 valence electrons. The van der Waals surface area contributed by atoms with Gasteiger partial charge in [0.25, 0.3) is 0 Å². The fourth-order valence-electron chi connectivity index (χ4n) is 1.14. The van der Waals surface area contributed by atoms with Gasteiger partial charge in [-0.1, -0.05) is 38.5 Å². The molecule has 0 aliphatic carbocycles. The van der Waals surface area contributed by atoms with Gasteiger partial charge in [-0.15, -0.1) is 0 Å². The Balaban J connectivity index is -0.000000609. The van der Waals surface area contributed by atoms with Gasteiger partial charge >= 0.3 is 58.2 Å². The normalized spacial score (nSPS) is 9.84. The monoisotopic (exact) mass is 333 g/mol. The summed E-state index contributed by atoms with van der Waals surface area (Å²) in [6.07, 6.45) is 4.49. The van der Waals surface area contributed by atoms with Crippen LogP contribution >= 0.6 is 0 Å². The number of benzene rings is 1. The molecule has 0 bridgehead atoms. The van der Waals surface area contributed by atoms with Crippen LogP contribution in [-0.2, 0) is 0 Å². The number of nitrogens with zero attached hydrogens (tertiary/aromatic N) is 1. The van der Waals surface area contributed by atoms with Crippen molar-refractivity contribution in [1.29, 1.82) is 0 Å². The minimum absolute atomic E-state index is 0. The largest absolute Gasteiger partial charge is 1.00 e. The van der Waals surface area contributed by atoms with E-state index in [2.05, 4.69) is 18.8 Å². The van der Waals surface area contributed by atoms with E-state index < -0.39 is 0 Å². The van der Waals surface area contributed by atoms with E-state index in [1.165, 1.54) is 5.56 Å². The summed E-state index contributed by atoms with van der Waals surface area (Å²) in [6.45, 7) is 8.12. The topological polar surface area (TPSA) is 21.6 Å². The summed E-state index contributed by atoms with van der Waals surface area (Å²) in [7, 11) is 1.75. The maximum atomic E-state index is 5.69. The fourth-order valence-corrected chi connectivity index (χ4v) is 1.14. The first-order valence-electron chi connectivity index (χ1n) is 6.12. The Morgan fingerprint density at radius 3 is 2.16 bits per heavy atom. The molecule has 0 aliphatic heterocycles. The molecular weight excluding hydrogens is 308 g/mol. The van der Waals surface area contributed by atoms with Gasteiger partial charge in [-0.05, 0) is 25.1 Å². The van der Waals surface area contributed by atoms with Gasteiger partial charge in [0, 0.05) is 19.7 Å². The molecule has 1 aromatic carbocycles. The van der Waals surface area contributed by atoms with E-state index in [0.717, 1.165) is 17.9 Å². The number of aliphatic imine (C=N–C) groups is 1. The summed E-state index contributed by atoms with van der Waals surface area (Å²) in [6, 6.07) is 8.02. The van der Waals surface area contributed by atoms with E-state index in [0.29, 0.717) is 0 Å². The van der Waals surface area contributed by atoms with Crippen molar-refractivity contribution in [2.45, 2.75) is 34.1 Å². The summed E-state index contributed by atoms with van der Waals surface area (Å²) in [5.74, 6) is 1.79. The molecule has 0 saturated carbocycles. The molecular formula is C16H26NORb. The van der Waals surface area contributed by atoms with Crippen molar-refractivity contribution in [3.8, 4) is 5.75 Å². The Kier molecular flexibility index (Phi) is 20.8. The van der Waals surface area contributed by atoms with E-state index in [9.17, 15) is 0 Å². The van der Waals surface area contributed by atoms with E-state index in [1.54, 1.807) is 13.3 Å². The minimum Gasteiger partial charge on any atom is -0.462 e. The van der Waals surface area contributed by atoms with Crippen molar-refractivity contribution in [2.24, 2.45) is 4.99 Å². The number of allylic oxidation sites excluding steroid dienone is 2. The molecule has 0 N–H and O–H groups in total. The molecule has 2 nitrogen and oxygen atoms in total. The van der Waals surface area contributed by atoms with Crippen molar-refractivity contribution in [3.05, 3.63) is 49.1 Å². The average Bonchev–Trinajstić information content (AvgIpc) is 2.39. The molecule has 0 atom stereocenters. The fraction of sp³-hybridized carbons (Fsp3) is 0.375. The molecule has 0 amide bonds. The predicted octanol–water partition coefficient (Wildman–Crippen LogP) is 1.85. The van der Waals surface area contributed by atoms with Crippen molar-refractivity contribution in [3.63, 3.8) is 0 Å². The van der Waals surface area contributed by atoms with Crippen LogP contribution in [0.5, 0.6) is 5.75 Å². The van der Waals surface area contributed by atoms with Crippen LogP contribution in [0.2, 0.25) is 0 Å². The van der Waals surface area contributed by atoms with Crippen molar-refractivity contribution in [2.75, 3.05) is 7.05 Å². The third kappa shape index (κ3) is 11.7. The van der Waals surface area contributed by atoms with Gasteiger partial charge in [0.05, 0.1) is 0 Å². The SMILES string of the molecule is CC.CC/C(=C\C=NC)Oc1ccc(C)cc1.[CH3-].[Rb+]. The van der Waals surface area contributed by atoms with Gasteiger partial charge in [0.2, 0.25) is 0 Å². The van der Waals surface area contributed by atoms with Crippen LogP contribution in [0.15, 0.2) is 41.1 Å². The first-order chi connectivity index (χ1) is 8.26. The first-order valence-corrected chi connectivity index (χ1v) is 6.12. The zero-order chi connectivity index (χ0) is 13.1. The maximum Gasteiger partial charge on any atom is 1.00 e. The Morgan fingerprint density at radius 2 is 1.74 bits per heavy atom. The van der Waals surface area contributed by atoms with Gasteiger partial charge in [-0.3, -0.25) is 4.99 Å². The zero-order valence-electron chi connectivity index (χ0n) is 13.5. The Hall–Kier alpha value is 0.235. The molecule has 0 radical (unpaired) electrons. The second-order valence-electron chi connectivity index (χ2n) is 3.31. The Labute approximate surface area is 168 Å². The molecule has 0 heterocycles. The quantitative estimate of drug-likeness (QED) is 0.468. The summed E-state index contributed by atoms with van der Waals surface area (Å²) < 4.78 is 5.69. The van der Waals surface area contributed by atoms with E-state index in [-0.39, 0.29) is 65.6 Å². The molecule has 3 heteroatoms. The van der Waals surface area contributed by atoms with Gasteiger partial charge < -0.3 is 12.2 Å². The third-order valence-corrected chi connectivity index (χ3v) is 2.03. The smallest absolute Gasteiger partial charge is 0.462 e. The molecule has 0 fully saturated rings. The average molecular weight is 334 g/mol. The second kappa shape index (κ2) is 16.3. The Morgan fingerprint density at radius 1 is 1.21 bits per heavy atom. The standard InChI is InChI=1S/C13H17NO.C2H6.CH3.Rb/c1-4-12(9-10-14-3)15-13-7-5-11(2)6-8-13;1-2;;/h5-10H,4H2,1-3H3;1-2H3;1H3;/q;;-1;+1/b12-9+,14-10?;;;. The van der Waals surface area contributed by atoms with Gasteiger partial charge in [0.15, 0.2) is 0 Å². The summed E-state index contributed by atoms with van der Waals surface area (Å²) in [5.41, 5.74) is 1.24. The Bertz CT molecular complexity index is 356. The molecule has 0 aromatic heterocycles. The van der Waals surface area contributed by atoms with E-state index in [1.807, 2.05) is 44.2 Å². The predicted molar refractivity (Wildman–Crippen MR) is 82.4 cm³/mol. The van der Waals surface area contributed by atoms with Gasteiger partial charge in [-0.2, -0.15) is 0 Å². The van der Waals surface area contributed by atoms with Crippen LogP contribution in [0, 0.1) is 14.4 Å². The number of hydrogen-bond acceptors (Lipinski definition) is 2. The first kappa shape index (κ1) is 24.3. The molecule has 0 spiro atoms. The number of rotatable bonds is 4. The minimum atomic E-state index is 0. The van der Waals surface area contributed by atoms with Gasteiger partial charge in [0.1, 0.15) is 11.5 Å². The maximum absolute atomic E-state index is 5.69. The van der Waals surface area contributed by atoms with Crippen molar-refractivity contribution < 1.29 is 62.9 Å². The van der Waals surface area contributed by atoms with E-state index >= 15 is 0 Å². The van der Waals surface area contributed by atoms with Crippen LogP contribution in [-0.4, -0.2) is 13.3 Å². The summed E-state index contributed by atoms with van der Waals surface area (Å²) in [4.78, 5) is 3.90. The van der Waals surface area contributed by atoms with Crippen molar-refractivity contribution >= 4 is 6.21 Å². The molecule has 0 unspecified atom stereocenters. The number of ether oxygens (including phenoxy) is 1. The number of hydrogen-bond donors (Lipinski definition) is 0. The van der Waals surface area contributed by atoms with Gasteiger partial charge in [-0.25, -0.2) is 0 Å². The zero-order valence-corrected chi connectivity index (χ0v) is 18.4. The molecule has 19 heavy (non-hydrogen) atoms. The number of aryl methyl sites for hydroxylation is 1. The van der Waals surface area contributed by atoms with Crippen LogP contribution in [0.1, 0.15) is 32.8 Å². The molecule has 1 aromatic rings. The molecule has 0 aliphatic rings. The van der Waals surface area contributed by atoms with Crippen LogP contribution in [0.4, 0.5) is 0 Å². The summed E-state index contributed by atoms with van der Waals surface area (Å²) >= 11 is 0. The van der Waals surface area contributed by atoms with Crippen LogP contribution in [0.3, 0.4) is 0 Å².